The molecule has 88 valence electrons. The third-order valence-corrected chi connectivity index (χ3v) is 2.85. The minimum atomic E-state index is 0.720. The summed E-state index contributed by atoms with van der Waals surface area (Å²) >= 11 is 0. The van der Waals surface area contributed by atoms with Gasteiger partial charge in [-0.15, -0.1) is 0 Å². The molecule has 0 radical (unpaired) electrons. The maximum Gasteiger partial charge on any atom is 0.133 e. The molecule has 1 unspecified atom stereocenters. The number of rotatable bonds is 4. The summed E-state index contributed by atoms with van der Waals surface area (Å²) < 4.78 is 0. The van der Waals surface area contributed by atoms with E-state index in [1.54, 1.807) is 6.33 Å². The standard InChI is InChI=1S/C11H19N5/c1-16(2)11-5-10(14-8-15-11)13-7-9-3-4-12-6-9/h5,8-9,12H,3-4,6-7H2,1-2H3,(H,13,14,15). The van der Waals surface area contributed by atoms with Gasteiger partial charge in [0.2, 0.25) is 0 Å². The van der Waals surface area contributed by atoms with Crippen molar-refractivity contribution in [1.82, 2.24) is 15.3 Å². The quantitative estimate of drug-likeness (QED) is 0.778. The van der Waals surface area contributed by atoms with Gasteiger partial charge in [0.25, 0.3) is 0 Å². The molecule has 2 heterocycles. The van der Waals surface area contributed by atoms with Gasteiger partial charge in [-0.2, -0.15) is 0 Å². The first-order valence-corrected chi connectivity index (χ1v) is 5.69. The lowest BCUT2D eigenvalue weighted by molar-refractivity contribution is 0.614. The van der Waals surface area contributed by atoms with Gasteiger partial charge in [0.05, 0.1) is 0 Å². The van der Waals surface area contributed by atoms with E-state index in [0.29, 0.717) is 0 Å². The van der Waals surface area contributed by atoms with Crippen molar-refractivity contribution in [2.75, 3.05) is 43.9 Å². The third kappa shape index (κ3) is 2.82. The Hall–Kier alpha value is -1.36. The second-order valence-electron chi connectivity index (χ2n) is 4.40. The van der Waals surface area contributed by atoms with Crippen molar-refractivity contribution in [3.8, 4) is 0 Å². The molecule has 0 amide bonds. The topological polar surface area (TPSA) is 53.1 Å². The van der Waals surface area contributed by atoms with Crippen LogP contribution < -0.4 is 15.5 Å². The molecular weight excluding hydrogens is 202 g/mol. The van der Waals surface area contributed by atoms with Crippen LogP contribution in [0.25, 0.3) is 0 Å². The summed E-state index contributed by atoms with van der Waals surface area (Å²) in [5.41, 5.74) is 0. The Balaban J connectivity index is 1.90. The predicted molar refractivity (Wildman–Crippen MR) is 65.8 cm³/mol. The lowest BCUT2D eigenvalue weighted by Crippen LogP contribution is -2.18. The van der Waals surface area contributed by atoms with Crippen LogP contribution in [-0.2, 0) is 0 Å². The lowest BCUT2D eigenvalue weighted by Gasteiger charge is -2.14. The van der Waals surface area contributed by atoms with Crippen molar-refractivity contribution < 1.29 is 0 Å². The van der Waals surface area contributed by atoms with Crippen LogP contribution in [0.15, 0.2) is 12.4 Å². The summed E-state index contributed by atoms with van der Waals surface area (Å²) in [6.07, 6.45) is 2.85. The summed E-state index contributed by atoms with van der Waals surface area (Å²) in [6, 6.07) is 1.97. The fraction of sp³-hybridized carbons (Fsp3) is 0.636. The molecule has 0 saturated carbocycles. The third-order valence-electron chi connectivity index (χ3n) is 2.85. The maximum atomic E-state index is 4.21. The number of anilines is 2. The first-order valence-electron chi connectivity index (χ1n) is 5.69. The summed E-state index contributed by atoms with van der Waals surface area (Å²) in [7, 11) is 3.96. The van der Waals surface area contributed by atoms with Gasteiger partial charge in [-0.05, 0) is 25.4 Å². The summed E-state index contributed by atoms with van der Waals surface area (Å²) in [6.45, 7) is 3.23. The van der Waals surface area contributed by atoms with Crippen molar-refractivity contribution in [1.29, 1.82) is 0 Å². The average molecular weight is 221 g/mol. The number of nitrogens with zero attached hydrogens (tertiary/aromatic N) is 3. The first-order chi connectivity index (χ1) is 7.75. The zero-order valence-electron chi connectivity index (χ0n) is 9.90. The van der Waals surface area contributed by atoms with Crippen molar-refractivity contribution in [2.24, 2.45) is 5.92 Å². The van der Waals surface area contributed by atoms with E-state index in [-0.39, 0.29) is 0 Å². The Kier molecular flexibility index (Phi) is 3.56. The van der Waals surface area contributed by atoms with Crippen LogP contribution in [0.2, 0.25) is 0 Å². The monoisotopic (exact) mass is 221 g/mol. The van der Waals surface area contributed by atoms with E-state index in [0.717, 1.165) is 37.2 Å². The van der Waals surface area contributed by atoms with E-state index in [1.165, 1.54) is 6.42 Å². The van der Waals surface area contributed by atoms with Crippen LogP contribution in [0, 0.1) is 5.92 Å². The molecule has 2 rings (SSSR count). The Morgan fingerprint density at radius 2 is 2.38 bits per heavy atom. The van der Waals surface area contributed by atoms with Crippen molar-refractivity contribution in [3.63, 3.8) is 0 Å². The molecule has 1 aromatic rings. The minimum absolute atomic E-state index is 0.720. The molecule has 1 atom stereocenters. The van der Waals surface area contributed by atoms with E-state index >= 15 is 0 Å². The molecule has 1 aliphatic rings. The van der Waals surface area contributed by atoms with Crippen LogP contribution in [0.3, 0.4) is 0 Å². The van der Waals surface area contributed by atoms with Crippen LogP contribution in [0.5, 0.6) is 0 Å². The molecule has 1 fully saturated rings. The molecule has 0 aliphatic carbocycles. The van der Waals surface area contributed by atoms with Crippen molar-refractivity contribution in [3.05, 3.63) is 12.4 Å². The second-order valence-corrected chi connectivity index (χ2v) is 4.40. The van der Waals surface area contributed by atoms with Crippen LogP contribution in [0.4, 0.5) is 11.6 Å². The highest BCUT2D eigenvalue weighted by Gasteiger charge is 2.13. The van der Waals surface area contributed by atoms with Gasteiger partial charge in [-0.1, -0.05) is 0 Å². The van der Waals surface area contributed by atoms with Gasteiger partial charge < -0.3 is 15.5 Å². The SMILES string of the molecule is CN(C)c1cc(NCC2CCNC2)ncn1. The smallest absolute Gasteiger partial charge is 0.133 e. The van der Waals surface area contributed by atoms with Crippen LogP contribution in [0.1, 0.15) is 6.42 Å². The molecule has 0 spiro atoms. The fourth-order valence-electron chi connectivity index (χ4n) is 1.83. The number of hydrogen-bond acceptors (Lipinski definition) is 5. The number of nitrogens with one attached hydrogen (secondary N) is 2. The molecule has 1 aliphatic heterocycles. The Labute approximate surface area is 96.3 Å². The van der Waals surface area contributed by atoms with Crippen molar-refractivity contribution in [2.45, 2.75) is 6.42 Å². The van der Waals surface area contributed by atoms with Crippen LogP contribution >= 0.6 is 0 Å². The molecule has 1 aromatic heterocycles. The van der Waals surface area contributed by atoms with E-state index in [2.05, 4.69) is 20.6 Å². The maximum absolute atomic E-state index is 4.21. The molecule has 0 aromatic carbocycles. The Bertz CT molecular complexity index is 333. The Morgan fingerprint density at radius 1 is 1.50 bits per heavy atom. The first kappa shape index (κ1) is 11.1. The predicted octanol–water partition coefficient (Wildman–Crippen LogP) is 0.564. The fourth-order valence-corrected chi connectivity index (χ4v) is 1.83. The summed E-state index contributed by atoms with van der Waals surface area (Å²) in [4.78, 5) is 10.4. The lowest BCUT2D eigenvalue weighted by atomic mass is 10.1. The molecule has 5 nitrogen and oxygen atoms in total. The highest BCUT2D eigenvalue weighted by atomic mass is 15.2. The van der Waals surface area contributed by atoms with Crippen LogP contribution in [-0.4, -0.2) is 43.7 Å². The summed E-state index contributed by atoms with van der Waals surface area (Å²) in [5.74, 6) is 2.56. The van der Waals surface area contributed by atoms with Gasteiger partial charge in [-0.3, -0.25) is 0 Å². The number of hydrogen-bond donors (Lipinski definition) is 2. The molecular formula is C11H19N5. The highest BCUT2D eigenvalue weighted by molar-refractivity contribution is 5.47. The normalized spacial score (nSPS) is 19.8. The molecule has 0 bridgehead atoms. The van der Waals surface area contributed by atoms with Gasteiger partial charge in [0.1, 0.15) is 18.0 Å². The molecule has 2 N–H and O–H groups in total. The van der Waals surface area contributed by atoms with E-state index in [4.69, 9.17) is 0 Å². The van der Waals surface area contributed by atoms with Gasteiger partial charge in [0, 0.05) is 26.7 Å². The zero-order chi connectivity index (χ0) is 11.4. The minimum Gasteiger partial charge on any atom is -0.370 e. The molecule has 1 saturated heterocycles. The van der Waals surface area contributed by atoms with E-state index in [1.807, 2.05) is 25.1 Å². The average Bonchev–Trinajstić information content (AvgIpc) is 2.79. The van der Waals surface area contributed by atoms with Gasteiger partial charge in [-0.25, -0.2) is 9.97 Å². The Morgan fingerprint density at radius 3 is 3.06 bits per heavy atom. The highest BCUT2D eigenvalue weighted by Crippen LogP contribution is 2.13. The number of aromatic nitrogens is 2. The van der Waals surface area contributed by atoms with Gasteiger partial charge in [0.15, 0.2) is 0 Å². The largest absolute Gasteiger partial charge is 0.370 e. The second kappa shape index (κ2) is 5.12. The zero-order valence-corrected chi connectivity index (χ0v) is 9.90. The van der Waals surface area contributed by atoms with Gasteiger partial charge >= 0.3 is 0 Å². The summed E-state index contributed by atoms with van der Waals surface area (Å²) in [5, 5.41) is 6.72. The van der Waals surface area contributed by atoms with E-state index in [9.17, 15) is 0 Å². The molecule has 16 heavy (non-hydrogen) atoms. The molecule has 5 heteroatoms. The van der Waals surface area contributed by atoms with E-state index < -0.39 is 0 Å². The van der Waals surface area contributed by atoms with Crippen molar-refractivity contribution >= 4 is 11.6 Å².